The highest BCUT2D eigenvalue weighted by molar-refractivity contribution is 7.89. The first-order valence-electron chi connectivity index (χ1n) is 8.05. The van der Waals surface area contributed by atoms with Gasteiger partial charge in [-0.3, -0.25) is 0 Å². The van der Waals surface area contributed by atoms with Crippen LogP contribution in [0.4, 0.5) is 0 Å². The zero-order valence-electron chi connectivity index (χ0n) is 15.2. The SMILES string of the molecule is COc1ccccc1C(C)(C)CNS(=O)(=O)c1cc(C(=O)O)ccc1C. The van der Waals surface area contributed by atoms with E-state index in [-0.39, 0.29) is 17.0 Å². The van der Waals surface area contributed by atoms with Gasteiger partial charge in [-0.15, -0.1) is 0 Å². The number of sulfonamides is 1. The average molecular weight is 377 g/mol. The Balaban J connectivity index is 2.30. The van der Waals surface area contributed by atoms with Crippen molar-refractivity contribution < 1.29 is 23.1 Å². The predicted molar refractivity (Wildman–Crippen MR) is 99.3 cm³/mol. The fraction of sp³-hybridized carbons (Fsp3) is 0.316. The van der Waals surface area contributed by atoms with Crippen LogP contribution in [-0.4, -0.2) is 33.1 Å². The molecule has 0 aliphatic carbocycles. The lowest BCUT2D eigenvalue weighted by molar-refractivity contribution is 0.0696. The van der Waals surface area contributed by atoms with Crippen LogP contribution in [0.5, 0.6) is 5.75 Å². The van der Waals surface area contributed by atoms with Crippen molar-refractivity contribution in [2.45, 2.75) is 31.1 Å². The van der Waals surface area contributed by atoms with Crippen LogP contribution < -0.4 is 9.46 Å². The fourth-order valence-electron chi connectivity index (χ4n) is 2.67. The van der Waals surface area contributed by atoms with Gasteiger partial charge in [-0.25, -0.2) is 17.9 Å². The lowest BCUT2D eigenvalue weighted by Gasteiger charge is -2.27. The van der Waals surface area contributed by atoms with Crippen LogP contribution in [0.25, 0.3) is 0 Å². The van der Waals surface area contributed by atoms with Gasteiger partial charge in [-0.1, -0.05) is 38.1 Å². The molecule has 2 N–H and O–H groups in total. The summed E-state index contributed by atoms with van der Waals surface area (Å²) in [6, 6.07) is 11.5. The molecule has 0 unspecified atom stereocenters. The molecule has 0 radical (unpaired) electrons. The summed E-state index contributed by atoms with van der Waals surface area (Å²) in [5.41, 5.74) is 0.761. The van der Waals surface area contributed by atoms with Gasteiger partial charge < -0.3 is 9.84 Å². The minimum atomic E-state index is -3.86. The Hall–Kier alpha value is -2.38. The van der Waals surface area contributed by atoms with E-state index in [9.17, 15) is 13.2 Å². The van der Waals surface area contributed by atoms with E-state index in [0.29, 0.717) is 11.3 Å². The number of methoxy groups -OCH3 is 1. The van der Waals surface area contributed by atoms with E-state index < -0.39 is 21.4 Å². The first-order chi connectivity index (χ1) is 12.1. The Morgan fingerprint density at radius 1 is 1.19 bits per heavy atom. The molecular formula is C19H23NO5S. The van der Waals surface area contributed by atoms with Crippen molar-refractivity contribution in [3.8, 4) is 5.75 Å². The number of carboxylic acid groups (broad SMARTS) is 1. The minimum absolute atomic E-state index is 0.0340. The van der Waals surface area contributed by atoms with Gasteiger partial charge in [0.25, 0.3) is 0 Å². The molecular weight excluding hydrogens is 354 g/mol. The van der Waals surface area contributed by atoms with Crippen molar-refractivity contribution >= 4 is 16.0 Å². The molecule has 2 rings (SSSR count). The highest BCUT2D eigenvalue weighted by atomic mass is 32.2. The van der Waals surface area contributed by atoms with Crippen molar-refractivity contribution in [1.82, 2.24) is 4.72 Å². The molecule has 0 spiro atoms. The van der Waals surface area contributed by atoms with Gasteiger partial charge in [-0.05, 0) is 30.7 Å². The summed E-state index contributed by atoms with van der Waals surface area (Å²) in [6.07, 6.45) is 0. The molecule has 2 aromatic rings. The van der Waals surface area contributed by atoms with Crippen LogP contribution in [0.15, 0.2) is 47.4 Å². The number of para-hydroxylation sites is 1. The van der Waals surface area contributed by atoms with Crippen LogP contribution in [0.3, 0.4) is 0 Å². The largest absolute Gasteiger partial charge is 0.496 e. The maximum atomic E-state index is 12.7. The third-order valence-corrected chi connectivity index (χ3v) is 5.81. The summed E-state index contributed by atoms with van der Waals surface area (Å²) < 4.78 is 33.4. The molecule has 0 saturated carbocycles. The molecule has 6 nitrogen and oxygen atoms in total. The molecule has 0 atom stereocenters. The van der Waals surface area contributed by atoms with E-state index in [1.807, 2.05) is 38.1 Å². The standard InChI is InChI=1S/C19H23NO5S/c1-13-9-10-14(18(21)22)11-17(13)26(23,24)20-12-19(2,3)15-7-5-6-8-16(15)25-4/h5-11,20H,12H2,1-4H3,(H,21,22). The Labute approximate surface area is 153 Å². The molecule has 26 heavy (non-hydrogen) atoms. The van der Waals surface area contributed by atoms with E-state index in [1.165, 1.54) is 18.2 Å². The van der Waals surface area contributed by atoms with Gasteiger partial charge in [0.1, 0.15) is 5.75 Å². The summed E-state index contributed by atoms with van der Waals surface area (Å²) in [5.74, 6) is -0.489. The first kappa shape index (κ1) is 19.9. The number of nitrogens with one attached hydrogen (secondary N) is 1. The highest BCUT2D eigenvalue weighted by Crippen LogP contribution is 2.31. The van der Waals surface area contributed by atoms with Crippen LogP contribution in [0.2, 0.25) is 0 Å². The summed E-state index contributed by atoms with van der Waals surface area (Å²) in [4.78, 5) is 11.1. The number of carbonyl (C=O) groups is 1. The van der Waals surface area contributed by atoms with Crippen molar-refractivity contribution in [3.05, 3.63) is 59.2 Å². The molecule has 0 aliphatic heterocycles. The lowest BCUT2D eigenvalue weighted by Crippen LogP contribution is -2.37. The summed E-state index contributed by atoms with van der Waals surface area (Å²) >= 11 is 0. The quantitative estimate of drug-likeness (QED) is 0.774. The van der Waals surface area contributed by atoms with E-state index in [4.69, 9.17) is 9.84 Å². The van der Waals surface area contributed by atoms with Crippen LogP contribution in [-0.2, 0) is 15.4 Å². The Kier molecular flexibility index (Phi) is 5.73. The molecule has 0 fully saturated rings. The number of benzene rings is 2. The number of hydrogen-bond donors (Lipinski definition) is 2. The topological polar surface area (TPSA) is 92.7 Å². The van der Waals surface area contributed by atoms with E-state index in [2.05, 4.69) is 4.72 Å². The normalized spacial score (nSPS) is 12.0. The summed E-state index contributed by atoms with van der Waals surface area (Å²) in [6.45, 7) is 5.58. The maximum absolute atomic E-state index is 12.7. The molecule has 0 bridgehead atoms. The third kappa shape index (κ3) is 4.23. The molecule has 2 aromatic carbocycles. The van der Waals surface area contributed by atoms with Gasteiger partial charge in [0, 0.05) is 17.5 Å². The van der Waals surface area contributed by atoms with Crippen LogP contribution in [0.1, 0.15) is 35.3 Å². The Morgan fingerprint density at radius 3 is 2.46 bits per heavy atom. The highest BCUT2D eigenvalue weighted by Gasteiger charge is 2.27. The second kappa shape index (κ2) is 7.47. The molecule has 0 heterocycles. The number of aromatic carboxylic acids is 1. The number of carboxylic acids is 1. The van der Waals surface area contributed by atoms with Gasteiger partial charge in [0.05, 0.1) is 17.6 Å². The van der Waals surface area contributed by atoms with Gasteiger partial charge in [0.2, 0.25) is 10.0 Å². The molecule has 7 heteroatoms. The van der Waals surface area contributed by atoms with E-state index >= 15 is 0 Å². The van der Waals surface area contributed by atoms with Crippen LogP contribution >= 0.6 is 0 Å². The molecule has 0 saturated heterocycles. The first-order valence-corrected chi connectivity index (χ1v) is 9.54. The van der Waals surface area contributed by atoms with Crippen molar-refractivity contribution in [1.29, 1.82) is 0 Å². The van der Waals surface area contributed by atoms with Crippen molar-refractivity contribution in [3.63, 3.8) is 0 Å². The average Bonchev–Trinajstić information content (AvgIpc) is 2.60. The fourth-order valence-corrected chi connectivity index (χ4v) is 4.16. The summed E-state index contributed by atoms with van der Waals surface area (Å²) in [7, 11) is -2.29. The smallest absolute Gasteiger partial charge is 0.335 e. The predicted octanol–water partition coefficient (Wildman–Crippen LogP) is 2.96. The molecule has 140 valence electrons. The van der Waals surface area contributed by atoms with Gasteiger partial charge >= 0.3 is 5.97 Å². The number of hydrogen-bond acceptors (Lipinski definition) is 4. The van der Waals surface area contributed by atoms with Gasteiger partial charge in [-0.2, -0.15) is 0 Å². The zero-order chi connectivity index (χ0) is 19.5. The zero-order valence-corrected chi connectivity index (χ0v) is 16.1. The maximum Gasteiger partial charge on any atom is 0.335 e. The van der Waals surface area contributed by atoms with E-state index in [1.54, 1.807) is 14.0 Å². The number of aryl methyl sites for hydroxylation is 1. The van der Waals surface area contributed by atoms with Crippen molar-refractivity contribution in [2.24, 2.45) is 0 Å². The number of ether oxygens (including phenoxy) is 1. The second-order valence-electron chi connectivity index (χ2n) is 6.69. The number of rotatable bonds is 7. The molecule has 0 aromatic heterocycles. The molecule has 0 amide bonds. The van der Waals surface area contributed by atoms with E-state index in [0.717, 1.165) is 5.56 Å². The van der Waals surface area contributed by atoms with Crippen LogP contribution in [0, 0.1) is 6.92 Å². The second-order valence-corrected chi connectivity index (χ2v) is 8.43. The van der Waals surface area contributed by atoms with Crippen molar-refractivity contribution in [2.75, 3.05) is 13.7 Å². The summed E-state index contributed by atoms with van der Waals surface area (Å²) in [5, 5.41) is 9.10. The molecule has 0 aliphatic rings. The third-order valence-electron chi connectivity index (χ3n) is 4.26. The Morgan fingerprint density at radius 2 is 1.85 bits per heavy atom. The van der Waals surface area contributed by atoms with Gasteiger partial charge in [0.15, 0.2) is 0 Å². The Bertz CT molecular complexity index is 919. The lowest BCUT2D eigenvalue weighted by atomic mass is 9.84. The minimum Gasteiger partial charge on any atom is -0.496 e. The monoisotopic (exact) mass is 377 g/mol.